The molecule has 2 aromatic rings. The molecule has 29 heavy (non-hydrogen) atoms. The normalized spacial score (nSPS) is 12.3. The topological polar surface area (TPSA) is 84.2 Å². The minimum atomic E-state index is -0.503. The van der Waals surface area contributed by atoms with Crippen molar-refractivity contribution in [3.8, 4) is 17.7 Å². The molecule has 1 atom stereocenters. The number of ether oxygens (including phenoxy) is 2. The van der Waals surface area contributed by atoms with Gasteiger partial charge in [-0.15, -0.1) is 0 Å². The third kappa shape index (κ3) is 7.22. The molecule has 1 aromatic heterocycles. The monoisotopic (exact) mass is 413 g/mol. The van der Waals surface area contributed by atoms with Crippen molar-refractivity contribution in [3.05, 3.63) is 64.8 Å². The van der Waals surface area contributed by atoms with Gasteiger partial charge in [-0.05, 0) is 31.0 Å². The lowest BCUT2D eigenvalue weighted by Crippen LogP contribution is -2.42. The molecule has 0 saturated carbocycles. The van der Waals surface area contributed by atoms with E-state index in [1.165, 1.54) is 0 Å². The van der Waals surface area contributed by atoms with Gasteiger partial charge >= 0.3 is 5.97 Å². The summed E-state index contributed by atoms with van der Waals surface area (Å²) in [5.41, 5.74) is 0.668. The largest absolute Gasteiger partial charge is 0.458 e. The lowest BCUT2D eigenvalue weighted by Gasteiger charge is -2.20. The van der Waals surface area contributed by atoms with E-state index in [0.29, 0.717) is 34.5 Å². The Hall–Kier alpha value is -2.88. The highest BCUT2D eigenvalue weighted by molar-refractivity contribution is 6.29. The number of esters is 1. The van der Waals surface area contributed by atoms with Crippen LogP contribution in [-0.4, -0.2) is 23.5 Å². The molecular weight excluding hydrogens is 390 g/mol. The van der Waals surface area contributed by atoms with Crippen molar-refractivity contribution in [2.45, 2.75) is 33.4 Å². The van der Waals surface area contributed by atoms with E-state index in [9.17, 15) is 10.1 Å². The maximum Gasteiger partial charge on any atom is 0.323 e. The number of hydrogen-bond donors (Lipinski definition) is 1. The van der Waals surface area contributed by atoms with Crippen molar-refractivity contribution < 1.29 is 14.3 Å². The number of carbonyl (C=O) groups excluding carboxylic acids is 1. The van der Waals surface area contributed by atoms with E-state index in [4.69, 9.17) is 21.1 Å². The summed E-state index contributed by atoms with van der Waals surface area (Å²) >= 11 is 5.82. The van der Waals surface area contributed by atoms with E-state index in [1.807, 2.05) is 32.0 Å². The second kappa shape index (κ2) is 11.2. The molecule has 6 nitrogen and oxygen atoms in total. The summed E-state index contributed by atoms with van der Waals surface area (Å²) < 4.78 is 11.1. The van der Waals surface area contributed by atoms with Crippen LogP contribution in [0.1, 0.15) is 32.0 Å². The zero-order chi connectivity index (χ0) is 21.2. The SMILES string of the molecule is C/C(Cl)=C/CNC(C(=O)OCc1nc(Oc2ccccc2)ccc1C#N)C(C)C. The van der Waals surface area contributed by atoms with Gasteiger partial charge in [0.2, 0.25) is 5.88 Å². The van der Waals surface area contributed by atoms with Crippen LogP contribution in [0, 0.1) is 17.2 Å². The van der Waals surface area contributed by atoms with Crippen LogP contribution in [0.3, 0.4) is 0 Å². The number of pyridine rings is 1. The van der Waals surface area contributed by atoms with E-state index in [1.54, 1.807) is 37.3 Å². The van der Waals surface area contributed by atoms with Crippen LogP contribution in [0.15, 0.2) is 53.6 Å². The number of hydrogen-bond acceptors (Lipinski definition) is 6. The average molecular weight is 414 g/mol. The maximum absolute atomic E-state index is 12.5. The summed E-state index contributed by atoms with van der Waals surface area (Å²) in [6.07, 6.45) is 1.78. The van der Waals surface area contributed by atoms with Crippen LogP contribution in [0.25, 0.3) is 0 Å². The Morgan fingerprint density at radius 2 is 2.00 bits per heavy atom. The molecule has 1 heterocycles. The van der Waals surface area contributed by atoms with Crippen molar-refractivity contribution in [1.82, 2.24) is 10.3 Å². The van der Waals surface area contributed by atoms with Crippen LogP contribution in [0.5, 0.6) is 11.6 Å². The number of nitrogens with one attached hydrogen (secondary N) is 1. The molecule has 1 N–H and O–H groups in total. The van der Waals surface area contributed by atoms with E-state index < -0.39 is 12.0 Å². The Morgan fingerprint density at radius 3 is 2.62 bits per heavy atom. The third-order valence-electron chi connectivity index (χ3n) is 4.03. The fraction of sp³-hybridized carbons (Fsp3) is 0.318. The number of allylic oxidation sites excluding steroid dienone is 1. The predicted molar refractivity (Wildman–Crippen MR) is 112 cm³/mol. The highest BCUT2D eigenvalue weighted by Gasteiger charge is 2.23. The summed E-state index contributed by atoms with van der Waals surface area (Å²) in [7, 11) is 0. The fourth-order valence-electron chi connectivity index (χ4n) is 2.51. The summed E-state index contributed by atoms with van der Waals surface area (Å²) in [4.78, 5) is 16.9. The smallest absolute Gasteiger partial charge is 0.323 e. The second-order valence-corrected chi connectivity index (χ2v) is 7.30. The molecule has 0 spiro atoms. The Kier molecular flexibility index (Phi) is 8.66. The Bertz CT molecular complexity index is 888. The molecule has 7 heteroatoms. The van der Waals surface area contributed by atoms with Gasteiger partial charge in [-0.25, -0.2) is 4.98 Å². The molecule has 0 fully saturated rings. The molecule has 0 saturated heterocycles. The first-order chi connectivity index (χ1) is 13.9. The number of aromatic nitrogens is 1. The molecule has 0 radical (unpaired) electrons. The predicted octanol–water partition coefficient (Wildman–Crippen LogP) is 4.55. The molecule has 1 aromatic carbocycles. The van der Waals surface area contributed by atoms with Gasteiger partial charge in [0.25, 0.3) is 0 Å². The van der Waals surface area contributed by atoms with E-state index in [-0.39, 0.29) is 12.5 Å². The summed E-state index contributed by atoms with van der Waals surface area (Å²) in [6, 6.07) is 13.9. The van der Waals surface area contributed by atoms with Crippen LogP contribution in [0.4, 0.5) is 0 Å². The number of halogens is 1. The van der Waals surface area contributed by atoms with Gasteiger partial charge in [0.1, 0.15) is 24.5 Å². The Morgan fingerprint density at radius 1 is 1.28 bits per heavy atom. The molecule has 0 aliphatic heterocycles. The van der Waals surface area contributed by atoms with Gasteiger partial charge in [-0.1, -0.05) is 49.7 Å². The molecule has 152 valence electrons. The molecule has 0 amide bonds. The van der Waals surface area contributed by atoms with E-state index >= 15 is 0 Å². The maximum atomic E-state index is 12.5. The lowest BCUT2D eigenvalue weighted by atomic mass is 10.0. The molecule has 2 rings (SSSR count). The number of nitrogens with zero attached hydrogens (tertiary/aromatic N) is 2. The second-order valence-electron chi connectivity index (χ2n) is 6.70. The van der Waals surface area contributed by atoms with Gasteiger partial charge in [0, 0.05) is 17.6 Å². The minimum Gasteiger partial charge on any atom is -0.458 e. The van der Waals surface area contributed by atoms with Crippen molar-refractivity contribution in [2.24, 2.45) is 5.92 Å². The average Bonchev–Trinajstić information content (AvgIpc) is 2.70. The Labute approximate surface area is 176 Å². The van der Waals surface area contributed by atoms with Crippen LogP contribution in [-0.2, 0) is 16.1 Å². The standard InChI is InChI=1S/C22H24ClN3O3/c1-15(2)21(25-12-11-16(3)23)22(27)28-14-19-17(13-24)9-10-20(26-19)29-18-7-5-4-6-8-18/h4-11,15,21,25H,12,14H2,1-3H3/b16-11-. The summed E-state index contributed by atoms with van der Waals surface area (Å²) in [5.74, 6) is 0.547. The van der Waals surface area contributed by atoms with Gasteiger partial charge in [0.05, 0.1) is 11.3 Å². The highest BCUT2D eigenvalue weighted by atomic mass is 35.5. The molecule has 0 aliphatic carbocycles. The van der Waals surface area contributed by atoms with E-state index in [0.717, 1.165) is 0 Å². The molecular formula is C22H24ClN3O3. The molecule has 1 unspecified atom stereocenters. The summed E-state index contributed by atoms with van der Waals surface area (Å²) in [6.45, 7) is 5.94. The number of nitriles is 1. The van der Waals surface area contributed by atoms with E-state index in [2.05, 4.69) is 16.4 Å². The first kappa shape index (κ1) is 22.4. The van der Waals surface area contributed by atoms with Crippen molar-refractivity contribution in [3.63, 3.8) is 0 Å². The van der Waals surface area contributed by atoms with Crippen LogP contribution >= 0.6 is 11.6 Å². The first-order valence-electron chi connectivity index (χ1n) is 9.26. The van der Waals surface area contributed by atoms with Crippen molar-refractivity contribution >= 4 is 17.6 Å². The fourth-order valence-corrected chi connectivity index (χ4v) is 2.58. The third-order valence-corrected chi connectivity index (χ3v) is 4.18. The number of benzene rings is 1. The van der Waals surface area contributed by atoms with Gasteiger partial charge in [0.15, 0.2) is 0 Å². The Balaban J connectivity index is 2.07. The minimum absolute atomic E-state index is 0.0164. The molecule has 0 bridgehead atoms. The zero-order valence-electron chi connectivity index (χ0n) is 16.7. The van der Waals surface area contributed by atoms with Crippen LogP contribution < -0.4 is 10.1 Å². The van der Waals surface area contributed by atoms with Gasteiger partial charge in [-0.2, -0.15) is 5.26 Å². The first-order valence-corrected chi connectivity index (χ1v) is 9.63. The van der Waals surface area contributed by atoms with Gasteiger partial charge < -0.3 is 14.8 Å². The number of para-hydroxylation sites is 1. The van der Waals surface area contributed by atoms with Crippen molar-refractivity contribution in [2.75, 3.05) is 6.54 Å². The summed E-state index contributed by atoms with van der Waals surface area (Å²) in [5, 5.41) is 13.1. The van der Waals surface area contributed by atoms with Crippen molar-refractivity contribution in [1.29, 1.82) is 5.26 Å². The number of rotatable bonds is 9. The number of carbonyl (C=O) groups is 1. The molecule has 0 aliphatic rings. The zero-order valence-corrected chi connectivity index (χ0v) is 17.4. The lowest BCUT2D eigenvalue weighted by molar-refractivity contribution is -0.148. The van der Waals surface area contributed by atoms with Gasteiger partial charge in [-0.3, -0.25) is 4.79 Å². The van der Waals surface area contributed by atoms with Crippen LogP contribution in [0.2, 0.25) is 0 Å². The highest BCUT2D eigenvalue weighted by Crippen LogP contribution is 2.21. The quantitative estimate of drug-likeness (QED) is 0.607.